The fourth-order valence-electron chi connectivity index (χ4n) is 2.40. The van der Waals surface area contributed by atoms with Crippen molar-refractivity contribution in [3.63, 3.8) is 0 Å². The largest absolute Gasteiger partial charge is 0.479 e. The number of amides is 1. The molecule has 1 saturated heterocycles. The third-order valence-corrected chi connectivity index (χ3v) is 5.00. The summed E-state index contributed by atoms with van der Waals surface area (Å²) in [7, 11) is -3.54. The van der Waals surface area contributed by atoms with Gasteiger partial charge in [0.2, 0.25) is 10.0 Å². The molecule has 1 amide bonds. The molecule has 2 N–H and O–H groups in total. The van der Waals surface area contributed by atoms with E-state index < -0.39 is 28.0 Å². The molecule has 132 valence electrons. The van der Waals surface area contributed by atoms with Gasteiger partial charge in [0, 0.05) is 6.54 Å². The topological polar surface area (TPSA) is 113 Å². The van der Waals surface area contributed by atoms with E-state index in [-0.39, 0.29) is 36.7 Å². The van der Waals surface area contributed by atoms with Crippen molar-refractivity contribution >= 4 is 27.6 Å². The Balaban J connectivity index is 2.22. The summed E-state index contributed by atoms with van der Waals surface area (Å²) in [5, 5.41) is 9.02. The molecular weight excluding hydrogens is 336 g/mol. The van der Waals surface area contributed by atoms with Gasteiger partial charge < -0.3 is 14.7 Å². The van der Waals surface area contributed by atoms with Crippen LogP contribution in [0.25, 0.3) is 0 Å². The van der Waals surface area contributed by atoms with Gasteiger partial charge in [0.05, 0.1) is 30.2 Å². The molecule has 0 aromatic heterocycles. The van der Waals surface area contributed by atoms with E-state index in [0.717, 1.165) is 0 Å². The van der Waals surface area contributed by atoms with Gasteiger partial charge in [0.15, 0.2) is 6.10 Å². The first-order valence-corrected chi connectivity index (χ1v) is 9.22. The number of morpholine rings is 1. The molecule has 1 heterocycles. The SMILES string of the molecule is CCCS(=O)(=O)Nc1ccccc1C(=O)N1CCOC(C(=O)O)C1. The molecule has 24 heavy (non-hydrogen) atoms. The lowest BCUT2D eigenvalue weighted by Crippen LogP contribution is -2.48. The maximum atomic E-state index is 12.7. The van der Waals surface area contributed by atoms with E-state index >= 15 is 0 Å². The van der Waals surface area contributed by atoms with Crippen LogP contribution in [0.4, 0.5) is 5.69 Å². The summed E-state index contributed by atoms with van der Waals surface area (Å²) in [6.07, 6.45) is -0.624. The number of carbonyl (C=O) groups is 2. The van der Waals surface area contributed by atoms with Crippen molar-refractivity contribution < 1.29 is 27.9 Å². The summed E-state index contributed by atoms with van der Waals surface area (Å²) < 4.78 is 31.4. The Hall–Kier alpha value is -2.13. The normalized spacial score (nSPS) is 18.2. The lowest BCUT2D eigenvalue weighted by Gasteiger charge is -2.31. The van der Waals surface area contributed by atoms with Gasteiger partial charge in [-0.1, -0.05) is 19.1 Å². The maximum absolute atomic E-state index is 12.7. The lowest BCUT2D eigenvalue weighted by atomic mass is 10.1. The Bertz CT molecular complexity index is 718. The average molecular weight is 356 g/mol. The monoisotopic (exact) mass is 356 g/mol. The highest BCUT2D eigenvalue weighted by Crippen LogP contribution is 2.20. The average Bonchev–Trinajstić information content (AvgIpc) is 2.54. The van der Waals surface area contributed by atoms with E-state index in [2.05, 4.69) is 4.72 Å². The first kappa shape index (κ1) is 18.2. The van der Waals surface area contributed by atoms with Gasteiger partial charge in [0.1, 0.15) is 0 Å². The molecule has 9 heteroatoms. The zero-order chi connectivity index (χ0) is 17.7. The molecule has 1 aromatic carbocycles. The van der Waals surface area contributed by atoms with E-state index in [1.807, 2.05) is 0 Å². The smallest absolute Gasteiger partial charge is 0.334 e. The van der Waals surface area contributed by atoms with Crippen LogP contribution < -0.4 is 4.72 Å². The van der Waals surface area contributed by atoms with Gasteiger partial charge in [-0.2, -0.15) is 0 Å². The van der Waals surface area contributed by atoms with E-state index in [1.165, 1.54) is 17.0 Å². The number of aliphatic carboxylic acids is 1. The number of benzene rings is 1. The van der Waals surface area contributed by atoms with E-state index in [1.54, 1.807) is 19.1 Å². The number of rotatable bonds is 6. The predicted octanol–water partition coefficient (Wildman–Crippen LogP) is 0.764. The maximum Gasteiger partial charge on any atom is 0.334 e. The number of para-hydroxylation sites is 1. The van der Waals surface area contributed by atoms with Crippen LogP contribution in [-0.4, -0.2) is 61.9 Å². The Morgan fingerprint density at radius 2 is 2.08 bits per heavy atom. The summed E-state index contributed by atoms with van der Waals surface area (Å²) in [4.78, 5) is 25.1. The Morgan fingerprint density at radius 1 is 1.38 bits per heavy atom. The van der Waals surface area contributed by atoms with Crippen LogP contribution in [0.3, 0.4) is 0 Å². The van der Waals surface area contributed by atoms with Crippen molar-refractivity contribution in [2.24, 2.45) is 0 Å². The Morgan fingerprint density at radius 3 is 2.75 bits per heavy atom. The molecule has 1 atom stereocenters. The minimum absolute atomic E-state index is 0.0475. The second-order valence-corrected chi connectivity index (χ2v) is 7.26. The molecular formula is C15H20N2O6S. The standard InChI is InChI=1S/C15H20N2O6S/c1-2-9-24(21,22)16-12-6-4-3-5-11(12)14(18)17-7-8-23-13(10-17)15(19)20/h3-6,13,16H,2,7-10H2,1H3,(H,19,20). The number of ether oxygens (including phenoxy) is 1. The number of hydrogen-bond donors (Lipinski definition) is 2. The van der Waals surface area contributed by atoms with Crippen molar-refractivity contribution in [3.05, 3.63) is 29.8 Å². The minimum Gasteiger partial charge on any atom is -0.479 e. The highest BCUT2D eigenvalue weighted by molar-refractivity contribution is 7.92. The van der Waals surface area contributed by atoms with Crippen LogP contribution >= 0.6 is 0 Å². The van der Waals surface area contributed by atoms with Crippen molar-refractivity contribution in [1.82, 2.24) is 4.90 Å². The van der Waals surface area contributed by atoms with E-state index in [4.69, 9.17) is 9.84 Å². The summed E-state index contributed by atoms with van der Waals surface area (Å²) >= 11 is 0. The first-order chi connectivity index (χ1) is 11.3. The summed E-state index contributed by atoms with van der Waals surface area (Å²) in [5.74, 6) is -1.61. The number of carboxylic acids is 1. The van der Waals surface area contributed by atoms with Crippen molar-refractivity contribution in [3.8, 4) is 0 Å². The molecule has 1 aliphatic heterocycles. The highest BCUT2D eigenvalue weighted by Gasteiger charge is 2.30. The molecule has 1 aromatic rings. The van der Waals surface area contributed by atoms with Gasteiger partial charge in [0.25, 0.3) is 5.91 Å². The van der Waals surface area contributed by atoms with Gasteiger partial charge in [-0.05, 0) is 18.6 Å². The molecule has 0 spiro atoms. The van der Waals surface area contributed by atoms with Gasteiger partial charge in [-0.15, -0.1) is 0 Å². The molecule has 0 saturated carbocycles. The number of anilines is 1. The summed E-state index contributed by atoms with van der Waals surface area (Å²) in [6.45, 7) is 2.03. The van der Waals surface area contributed by atoms with Crippen LogP contribution in [-0.2, 0) is 19.6 Å². The third-order valence-electron chi connectivity index (χ3n) is 3.52. The fourth-order valence-corrected chi connectivity index (χ4v) is 3.55. The molecule has 8 nitrogen and oxygen atoms in total. The van der Waals surface area contributed by atoms with Gasteiger partial charge in [-0.25, -0.2) is 13.2 Å². The minimum atomic E-state index is -3.54. The summed E-state index contributed by atoms with van der Waals surface area (Å²) in [5.41, 5.74) is 0.373. The number of hydrogen-bond acceptors (Lipinski definition) is 5. The molecule has 0 bridgehead atoms. The van der Waals surface area contributed by atoms with Crippen LogP contribution in [0.2, 0.25) is 0 Å². The van der Waals surface area contributed by atoms with Gasteiger partial charge in [-0.3, -0.25) is 9.52 Å². The van der Waals surface area contributed by atoms with Crippen LogP contribution in [0.1, 0.15) is 23.7 Å². The molecule has 1 aliphatic rings. The van der Waals surface area contributed by atoms with Gasteiger partial charge >= 0.3 is 5.97 Å². The molecule has 0 aliphatic carbocycles. The number of carboxylic acid groups (broad SMARTS) is 1. The number of carbonyl (C=O) groups excluding carboxylic acids is 1. The highest BCUT2D eigenvalue weighted by atomic mass is 32.2. The van der Waals surface area contributed by atoms with Crippen molar-refractivity contribution in [1.29, 1.82) is 0 Å². The second kappa shape index (κ2) is 7.63. The Kier molecular flexibility index (Phi) is 5.79. The second-order valence-electron chi connectivity index (χ2n) is 5.42. The summed E-state index contributed by atoms with van der Waals surface area (Å²) in [6, 6.07) is 6.27. The predicted molar refractivity (Wildman–Crippen MR) is 87.4 cm³/mol. The van der Waals surface area contributed by atoms with Crippen LogP contribution in [0.15, 0.2) is 24.3 Å². The zero-order valence-electron chi connectivity index (χ0n) is 13.3. The quantitative estimate of drug-likeness (QED) is 0.778. The van der Waals surface area contributed by atoms with Crippen LogP contribution in [0.5, 0.6) is 0 Å². The molecule has 1 fully saturated rings. The number of nitrogens with zero attached hydrogens (tertiary/aromatic N) is 1. The van der Waals surface area contributed by atoms with Crippen molar-refractivity contribution in [2.45, 2.75) is 19.4 Å². The third kappa shape index (κ3) is 4.45. The first-order valence-electron chi connectivity index (χ1n) is 7.57. The van der Waals surface area contributed by atoms with E-state index in [9.17, 15) is 18.0 Å². The van der Waals surface area contributed by atoms with Crippen LogP contribution in [0, 0.1) is 0 Å². The zero-order valence-corrected chi connectivity index (χ0v) is 14.1. The molecule has 1 unspecified atom stereocenters. The van der Waals surface area contributed by atoms with E-state index in [0.29, 0.717) is 6.42 Å². The molecule has 0 radical (unpaired) electrons. The number of nitrogens with one attached hydrogen (secondary N) is 1. The Labute approximate surface area is 140 Å². The van der Waals surface area contributed by atoms with Crippen molar-refractivity contribution in [2.75, 3.05) is 30.2 Å². The molecule has 2 rings (SSSR count). The lowest BCUT2D eigenvalue weighted by molar-refractivity contribution is -0.154. The fraction of sp³-hybridized carbons (Fsp3) is 0.467. The number of sulfonamides is 1.